The van der Waals surface area contributed by atoms with Gasteiger partial charge >= 0.3 is 0 Å². The van der Waals surface area contributed by atoms with E-state index in [2.05, 4.69) is 0 Å². The fraction of sp³-hybridized carbons (Fsp3) is 1.00. The van der Waals surface area contributed by atoms with E-state index in [0.717, 1.165) is 0 Å². The Balaban J connectivity index is 3.69. The number of alkyl halides is 4. The second-order valence-electron chi connectivity index (χ2n) is 2.33. The normalized spacial score (nSPS) is 12.0. The van der Waals surface area contributed by atoms with Gasteiger partial charge in [0.05, 0.1) is 6.10 Å². The molecule has 0 rings (SSSR count). The third-order valence-corrected chi connectivity index (χ3v) is 1.28. The molecule has 0 saturated heterocycles. The summed E-state index contributed by atoms with van der Waals surface area (Å²) in [5, 5.41) is 0. The summed E-state index contributed by atoms with van der Waals surface area (Å²) in [4.78, 5) is 0. The van der Waals surface area contributed by atoms with Gasteiger partial charge in [-0.3, -0.25) is 0 Å². The summed E-state index contributed by atoms with van der Waals surface area (Å²) in [6, 6.07) is 0. The van der Waals surface area contributed by atoms with E-state index in [1.807, 2.05) is 0 Å². The minimum absolute atomic E-state index is 0.185. The lowest BCUT2D eigenvalue weighted by molar-refractivity contribution is -0.0247. The van der Waals surface area contributed by atoms with Crippen LogP contribution < -0.4 is 0 Å². The van der Waals surface area contributed by atoms with E-state index in [-0.39, 0.29) is 6.61 Å². The van der Waals surface area contributed by atoms with E-state index in [9.17, 15) is 17.6 Å². The molecule has 0 saturated carbocycles. The van der Waals surface area contributed by atoms with Gasteiger partial charge in [0, 0.05) is 19.4 Å². The quantitative estimate of drug-likeness (QED) is 0.582. The van der Waals surface area contributed by atoms with Gasteiger partial charge in [-0.05, 0) is 6.92 Å². The van der Waals surface area contributed by atoms with Gasteiger partial charge in [-0.2, -0.15) is 0 Å². The highest BCUT2D eigenvalue weighted by Crippen LogP contribution is 2.15. The summed E-state index contributed by atoms with van der Waals surface area (Å²) in [6.45, 7) is 1.77. The lowest BCUT2D eigenvalue weighted by Gasteiger charge is -2.15. The third-order valence-electron chi connectivity index (χ3n) is 1.28. The molecule has 0 fully saturated rings. The number of ether oxygens (including phenoxy) is 1. The van der Waals surface area contributed by atoms with E-state index < -0.39 is 31.8 Å². The second-order valence-corrected chi connectivity index (χ2v) is 2.33. The zero-order chi connectivity index (χ0) is 9.56. The molecule has 0 aliphatic carbocycles. The van der Waals surface area contributed by atoms with Crippen LogP contribution in [0.15, 0.2) is 0 Å². The van der Waals surface area contributed by atoms with Gasteiger partial charge in [0.25, 0.3) is 0 Å². The first-order valence-electron chi connectivity index (χ1n) is 3.74. The first kappa shape index (κ1) is 11.7. The third kappa shape index (κ3) is 6.39. The smallest absolute Gasteiger partial charge is 0.241 e. The summed E-state index contributed by atoms with van der Waals surface area (Å²) in [5.41, 5.74) is 0. The van der Waals surface area contributed by atoms with Crippen LogP contribution in [0.4, 0.5) is 17.6 Å². The Labute approximate surface area is 68.7 Å². The molecule has 0 aromatic carbocycles. The van der Waals surface area contributed by atoms with Crippen molar-refractivity contribution < 1.29 is 22.3 Å². The Hall–Kier alpha value is -0.320. The molecule has 0 spiro atoms. The average Bonchev–Trinajstić information content (AvgIpc) is 1.84. The molecule has 0 radical (unpaired) electrons. The topological polar surface area (TPSA) is 9.23 Å². The molecule has 0 aromatic rings. The van der Waals surface area contributed by atoms with Gasteiger partial charge < -0.3 is 4.74 Å². The number of hydrogen-bond acceptors (Lipinski definition) is 1. The zero-order valence-electron chi connectivity index (χ0n) is 6.77. The van der Waals surface area contributed by atoms with Crippen molar-refractivity contribution in [2.24, 2.45) is 0 Å². The molecule has 0 heterocycles. The van der Waals surface area contributed by atoms with Crippen LogP contribution >= 0.6 is 0 Å². The molecule has 0 N–H and O–H groups in total. The molecular formula is C7H12F4O. The summed E-state index contributed by atoms with van der Waals surface area (Å²) in [5.74, 6) is 0. The minimum atomic E-state index is -2.58. The fourth-order valence-electron chi connectivity index (χ4n) is 0.865. The number of halogens is 4. The molecule has 0 aliphatic heterocycles. The maximum atomic E-state index is 11.7. The molecule has 5 heteroatoms. The highest BCUT2D eigenvalue weighted by atomic mass is 19.3. The molecule has 0 bridgehead atoms. The Morgan fingerprint density at radius 1 is 1.00 bits per heavy atom. The number of rotatable bonds is 6. The predicted molar refractivity (Wildman–Crippen MR) is 36.7 cm³/mol. The van der Waals surface area contributed by atoms with Crippen LogP contribution in [0.1, 0.15) is 19.8 Å². The first-order valence-corrected chi connectivity index (χ1v) is 3.74. The number of hydrogen-bond donors (Lipinski definition) is 0. The SMILES string of the molecule is CCOC(CC(F)F)CC(F)F. The Morgan fingerprint density at radius 3 is 1.67 bits per heavy atom. The lowest BCUT2D eigenvalue weighted by Crippen LogP contribution is -2.19. The van der Waals surface area contributed by atoms with E-state index in [4.69, 9.17) is 4.74 Å². The average molecular weight is 188 g/mol. The Morgan fingerprint density at radius 2 is 1.42 bits per heavy atom. The molecule has 0 amide bonds. The van der Waals surface area contributed by atoms with Gasteiger partial charge in [-0.15, -0.1) is 0 Å². The molecular weight excluding hydrogens is 176 g/mol. The highest BCUT2D eigenvalue weighted by Gasteiger charge is 2.19. The largest absolute Gasteiger partial charge is 0.378 e. The maximum Gasteiger partial charge on any atom is 0.241 e. The fourth-order valence-corrected chi connectivity index (χ4v) is 0.865. The Bertz CT molecular complexity index is 97.6. The molecule has 12 heavy (non-hydrogen) atoms. The molecule has 0 aliphatic rings. The van der Waals surface area contributed by atoms with Gasteiger partial charge in [0.2, 0.25) is 12.9 Å². The van der Waals surface area contributed by atoms with E-state index in [0.29, 0.717) is 0 Å². The van der Waals surface area contributed by atoms with Gasteiger partial charge in [-0.1, -0.05) is 0 Å². The van der Waals surface area contributed by atoms with Crippen molar-refractivity contribution in [3.63, 3.8) is 0 Å². The molecule has 0 unspecified atom stereocenters. The van der Waals surface area contributed by atoms with Crippen LogP contribution in [0.25, 0.3) is 0 Å². The predicted octanol–water partition coefficient (Wildman–Crippen LogP) is 2.70. The lowest BCUT2D eigenvalue weighted by atomic mass is 10.2. The maximum absolute atomic E-state index is 11.7. The van der Waals surface area contributed by atoms with E-state index in [1.54, 1.807) is 6.92 Å². The molecule has 0 aromatic heterocycles. The van der Waals surface area contributed by atoms with Crippen molar-refractivity contribution in [2.75, 3.05) is 6.61 Å². The van der Waals surface area contributed by atoms with Crippen molar-refractivity contribution in [1.29, 1.82) is 0 Å². The first-order chi connectivity index (χ1) is 5.56. The van der Waals surface area contributed by atoms with Crippen LogP contribution in [-0.4, -0.2) is 25.6 Å². The van der Waals surface area contributed by atoms with Gasteiger partial charge in [0.1, 0.15) is 0 Å². The zero-order valence-corrected chi connectivity index (χ0v) is 6.77. The second kappa shape index (κ2) is 6.22. The van der Waals surface area contributed by atoms with Crippen LogP contribution in [-0.2, 0) is 4.74 Å². The molecule has 0 atom stereocenters. The Kier molecular flexibility index (Phi) is 6.06. The standard InChI is InChI=1S/C7H12F4O/c1-2-12-5(3-6(8)9)4-7(10)11/h5-7H,2-4H2,1H3. The minimum Gasteiger partial charge on any atom is -0.378 e. The van der Waals surface area contributed by atoms with Gasteiger partial charge in [-0.25, -0.2) is 17.6 Å². The van der Waals surface area contributed by atoms with Gasteiger partial charge in [0.15, 0.2) is 0 Å². The van der Waals surface area contributed by atoms with Crippen LogP contribution in [0.5, 0.6) is 0 Å². The van der Waals surface area contributed by atoms with Crippen LogP contribution in [0, 0.1) is 0 Å². The van der Waals surface area contributed by atoms with Crippen molar-refractivity contribution in [3.05, 3.63) is 0 Å². The molecule has 1 nitrogen and oxygen atoms in total. The van der Waals surface area contributed by atoms with Crippen LogP contribution in [0.3, 0.4) is 0 Å². The van der Waals surface area contributed by atoms with E-state index >= 15 is 0 Å². The van der Waals surface area contributed by atoms with Crippen molar-refractivity contribution >= 4 is 0 Å². The van der Waals surface area contributed by atoms with Crippen molar-refractivity contribution in [1.82, 2.24) is 0 Å². The summed E-state index contributed by atoms with van der Waals surface area (Å²) >= 11 is 0. The summed E-state index contributed by atoms with van der Waals surface area (Å²) in [6.07, 6.45) is -7.41. The highest BCUT2D eigenvalue weighted by molar-refractivity contribution is 4.60. The van der Waals surface area contributed by atoms with Crippen molar-refractivity contribution in [2.45, 2.75) is 38.7 Å². The summed E-state index contributed by atoms with van der Waals surface area (Å²) in [7, 11) is 0. The summed E-state index contributed by atoms with van der Waals surface area (Å²) < 4.78 is 51.6. The van der Waals surface area contributed by atoms with Crippen LogP contribution in [0.2, 0.25) is 0 Å². The monoisotopic (exact) mass is 188 g/mol. The van der Waals surface area contributed by atoms with E-state index in [1.165, 1.54) is 0 Å². The van der Waals surface area contributed by atoms with Crippen molar-refractivity contribution in [3.8, 4) is 0 Å². The molecule has 74 valence electrons.